The van der Waals surface area contributed by atoms with E-state index in [4.69, 9.17) is 0 Å². The van der Waals surface area contributed by atoms with Crippen LogP contribution in [0.3, 0.4) is 0 Å². The molecule has 1 heterocycles. The normalized spacial score (nSPS) is 10.3. The fraction of sp³-hybridized carbons (Fsp3) is 0.467. The van der Waals surface area contributed by atoms with Gasteiger partial charge in [-0.1, -0.05) is 44.0 Å². The number of pyridine rings is 1. The van der Waals surface area contributed by atoms with Crippen molar-refractivity contribution in [1.29, 1.82) is 0 Å². The van der Waals surface area contributed by atoms with Gasteiger partial charge >= 0.3 is 0 Å². The smallest absolute Gasteiger partial charge is 0.234 e. The predicted molar refractivity (Wildman–Crippen MR) is 79.2 cm³/mol. The van der Waals surface area contributed by atoms with E-state index in [2.05, 4.69) is 24.2 Å². The lowest BCUT2D eigenvalue weighted by molar-refractivity contribution is 0.108. The molecule has 0 aromatic carbocycles. The van der Waals surface area contributed by atoms with Crippen molar-refractivity contribution in [2.75, 3.05) is 0 Å². The summed E-state index contributed by atoms with van der Waals surface area (Å²) in [6.07, 6.45) is 11.7. The highest BCUT2D eigenvalue weighted by molar-refractivity contribution is 7.97. The van der Waals surface area contributed by atoms with E-state index in [9.17, 15) is 4.79 Å². The number of thiol groups is 1. The summed E-state index contributed by atoms with van der Waals surface area (Å²) in [6, 6.07) is 3.84. The summed E-state index contributed by atoms with van der Waals surface area (Å²) < 4.78 is 0. The largest absolute Gasteiger partial charge is 0.280 e. The van der Waals surface area contributed by atoms with E-state index in [1.165, 1.54) is 25.7 Å². The van der Waals surface area contributed by atoms with Gasteiger partial charge in [0.25, 0.3) is 0 Å². The number of carbonyl (C=O) groups is 1. The Morgan fingerprint density at radius 3 is 2.72 bits per heavy atom. The van der Waals surface area contributed by atoms with E-state index in [-0.39, 0.29) is 5.12 Å². The van der Waals surface area contributed by atoms with Crippen LogP contribution in [0.5, 0.6) is 0 Å². The first-order valence-corrected chi connectivity index (χ1v) is 6.98. The monoisotopic (exact) mass is 263 g/mol. The molecule has 0 N–H and O–H groups in total. The molecule has 0 unspecified atom stereocenters. The number of rotatable bonds is 9. The van der Waals surface area contributed by atoms with Crippen LogP contribution < -0.4 is 0 Å². The van der Waals surface area contributed by atoms with Gasteiger partial charge in [-0.3, -0.25) is 9.78 Å². The van der Waals surface area contributed by atoms with Crippen LogP contribution in [-0.4, -0.2) is 10.1 Å². The van der Waals surface area contributed by atoms with E-state index >= 15 is 0 Å². The summed E-state index contributed by atoms with van der Waals surface area (Å²) in [5.41, 5.74) is 1.52. The first-order valence-electron chi connectivity index (χ1n) is 6.53. The van der Waals surface area contributed by atoms with Gasteiger partial charge in [0, 0.05) is 6.20 Å². The number of nitrogens with zero attached hydrogens (tertiary/aromatic N) is 1. The highest BCUT2D eigenvalue weighted by atomic mass is 32.1. The number of unbranched alkanes of at least 4 members (excludes halogenated alkanes) is 5. The van der Waals surface area contributed by atoms with Crippen molar-refractivity contribution in [2.24, 2.45) is 0 Å². The zero-order valence-corrected chi connectivity index (χ0v) is 11.7. The van der Waals surface area contributed by atoms with Crippen molar-refractivity contribution in [3.63, 3.8) is 0 Å². The summed E-state index contributed by atoms with van der Waals surface area (Å²) in [7, 11) is 0. The molecule has 0 amide bonds. The molecule has 0 aliphatic heterocycles. The molecule has 0 atom stereocenters. The number of hydrogen-bond donors (Lipinski definition) is 1. The maximum atomic E-state index is 11.3. The summed E-state index contributed by atoms with van der Waals surface area (Å²) >= 11 is 3.85. The van der Waals surface area contributed by atoms with Crippen molar-refractivity contribution in [2.45, 2.75) is 44.9 Å². The average molecular weight is 263 g/mol. The summed E-state index contributed by atoms with van der Waals surface area (Å²) in [5, 5.41) is -0.239. The van der Waals surface area contributed by atoms with E-state index in [1.54, 1.807) is 6.20 Å². The first-order chi connectivity index (χ1) is 8.75. The lowest BCUT2D eigenvalue weighted by Crippen LogP contribution is -2.01. The standard InChI is InChI=1S/C15H21NOS/c1-2-3-4-5-6-7-8-10-13-11-9-12-16-14(13)15(17)18/h2,9,11-12H,1,3-8,10H2,(H,17,18). The van der Waals surface area contributed by atoms with Crippen molar-refractivity contribution in [3.05, 3.63) is 42.2 Å². The van der Waals surface area contributed by atoms with Crippen molar-refractivity contribution in [1.82, 2.24) is 4.98 Å². The lowest BCUT2D eigenvalue weighted by atomic mass is 10.0. The average Bonchev–Trinajstić information content (AvgIpc) is 2.38. The highest BCUT2D eigenvalue weighted by Crippen LogP contribution is 2.13. The summed E-state index contributed by atoms with van der Waals surface area (Å²) in [6.45, 7) is 3.71. The minimum Gasteiger partial charge on any atom is -0.280 e. The van der Waals surface area contributed by atoms with Gasteiger partial charge in [0.05, 0.1) is 0 Å². The third-order valence-electron chi connectivity index (χ3n) is 2.95. The third kappa shape index (κ3) is 5.50. The summed E-state index contributed by atoms with van der Waals surface area (Å²) in [4.78, 5) is 15.3. The second kappa shape index (κ2) is 8.92. The Bertz CT molecular complexity index is 390. The van der Waals surface area contributed by atoms with Crippen molar-refractivity contribution >= 4 is 17.7 Å². The Balaban J connectivity index is 2.27. The molecule has 0 spiro atoms. The van der Waals surface area contributed by atoms with Crippen LogP contribution in [-0.2, 0) is 6.42 Å². The van der Waals surface area contributed by atoms with Gasteiger partial charge in [0.1, 0.15) is 5.69 Å². The fourth-order valence-corrected chi connectivity index (χ4v) is 2.17. The minimum absolute atomic E-state index is 0.239. The molecule has 0 saturated carbocycles. The van der Waals surface area contributed by atoms with Crippen molar-refractivity contribution < 1.29 is 4.79 Å². The second-order valence-corrected chi connectivity index (χ2v) is 4.82. The minimum atomic E-state index is -0.239. The molecular weight excluding hydrogens is 242 g/mol. The highest BCUT2D eigenvalue weighted by Gasteiger charge is 2.07. The number of carbonyl (C=O) groups excluding carboxylic acids is 1. The van der Waals surface area contributed by atoms with Gasteiger partial charge < -0.3 is 0 Å². The maximum absolute atomic E-state index is 11.3. The van der Waals surface area contributed by atoms with E-state index < -0.39 is 0 Å². The van der Waals surface area contributed by atoms with E-state index in [0.29, 0.717) is 5.69 Å². The van der Waals surface area contributed by atoms with Crippen LogP contribution in [0.1, 0.15) is 54.6 Å². The Labute approximate surface area is 115 Å². The molecule has 0 saturated heterocycles. The molecule has 1 rings (SSSR count). The molecule has 1 aromatic rings. The van der Waals surface area contributed by atoms with Crippen molar-refractivity contribution in [3.8, 4) is 0 Å². The number of aryl methyl sites for hydroxylation is 1. The van der Waals surface area contributed by atoms with Crippen LogP contribution in [0.4, 0.5) is 0 Å². The van der Waals surface area contributed by atoms with Crippen LogP contribution in [0.15, 0.2) is 31.0 Å². The van der Waals surface area contributed by atoms with Crippen LogP contribution in [0.25, 0.3) is 0 Å². The number of aromatic nitrogens is 1. The zero-order valence-electron chi connectivity index (χ0n) is 10.8. The predicted octanol–water partition coefficient (Wildman–Crippen LogP) is 4.22. The maximum Gasteiger partial charge on any atom is 0.234 e. The van der Waals surface area contributed by atoms with Gasteiger partial charge in [-0.15, -0.1) is 6.58 Å². The molecular formula is C15H21NOS. The first kappa shape index (κ1) is 15.0. The molecule has 2 nitrogen and oxygen atoms in total. The second-order valence-electron chi connectivity index (χ2n) is 4.41. The molecule has 1 aromatic heterocycles. The lowest BCUT2D eigenvalue weighted by Gasteiger charge is -2.05. The van der Waals surface area contributed by atoms with Gasteiger partial charge in [-0.05, 0) is 37.3 Å². The molecule has 98 valence electrons. The van der Waals surface area contributed by atoms with E-state index in [0.717, 1.165) is 24.8 Å². The fourth-order valence-electron chi connectivity index (χ4n) is 1.97. The van der Waals surface area contributed by atoms with Gasteiger partial charge in [0.2, 0.25) is 5.12 Å². The quantitative estimate of drug-likeness (QED) is 0.411. The van der Waals surface area contributed by atoms with Crippen LogP contribution in [0.2, 0.25) is 0 Å². The number of allylic oxidation sites excluding steroid dienone is 1. The molecule has 0 fully saturated rings. The molecule has 3 heteroatoms. The molecule has 18 heavy (non-hydrogen) atoms. The molecule has 0 aliphatic rings. The Hall–Kier alpha value is -1.09. The van der Waals surface area contributed by atoms with Crippen LogP contribution in [0, 0.1) is 0 Å². The number of hydrogen-bond acceptors (Lipinski definition) is 2. The third-order valence-corrected chi connectivity index (χ3v) is 3.16. The zero-order chi connectivity index (χ0) is 13.2. The summed E-state index contributed by atoms with van der Waals surface area (Å²) in [5.74, 6) is 0. The molecule has 0 aliphatic carbocycles. The Morgan fingerprint density at radius 2 is 2.00 bits per heavy atom. The van der Waals surface area contributed by atoms with Crippen LogP contribution >= 0.6 is 12.6 Å². The Morgan fingerprint density at radius 1 is 1.28 bits per heavy atom. The Kier molecular flexibility index (Phi) is 7.42. The van der Waals surface area contributed by atoms with Gasteiger partial charge in [-0.25, -0.2) is 0 Å². The molecule has 0 radical (unpaired) electrons. The van der Waals surface area contributed by atoms with E-state index in [1.807, 2.05) is 18.2 Å². The van der Waals surface area contributed by atoms with Gasteiger partial charge in [0.15, 0.2) is 0 Å². The molecule has 0 bridgehead atoms. The van der Waals surface area contributed by atoms with Gasteiger partial charge in [-0.2, -0.15) is 0 Å². The SMILES string of the molecule is C=CCCCCCCCc1cccnc1C(=O)S. The topological polar surface area (TPSA) is 30.0 Å².